The van der Waals surface area contributed by atoms with E-state index in [0.717, 1.165) is 13.1 Å². The molecule has 1 aromatic heterocycles. The Bertz CT molecular complexity index is 1170. The van der Waals surface area contributed by atoms with Gasteiger partial charge in [-0.2, -0.15) is 0 Å². The molecule has 176 valence electrons. The van der Waals surface area contributed by atoms with Gasteiger partial charge in [-0.3, -0.25) is 14.4 Å². The van der Waals surface area contributed by atoms with Crippen LogP contribution in [0.15, 0.2) is 59.5 Å². The van der Waals surface area contributed by atoms with Gasteiger partial charge in [-0.15, -0.1) is 0 Å². The predicted octanol–water partition coefficient (Wildman–Crippen LogP) is 2.32. The maximum absolute atomic E-state index is 12.6. The largest absolute Gasteiger partial charge is 0.496 e. The number of benzene rings is 2. The fourth-order valence-corrected chi connectivity index (χ4v) is 3.59. The second kappa shape index (κ2) is 10.2. The van der Waals surface area contributed by atoms with Crippen LogP contribution in [-0.2, 0) is 9.59 Å². The summed E-state index contributed by atoms with van der Waals surface area (Å²) in [5.74, 6) is -0.757. The standard InChI is InChI=1S/C24H25N5O5/c1-28-9-11-29(12-10-28)24(32)16-3-5-17(6-4-16)26-22(30)23(31)27-18-7-8-19(20(13-18)33-2)21-14-25-15-34-21/h3-8,13-15H,9-12H2,1-2H3,(H,26,30)(H,27,31). The number of ether oxygens (including phenoxy) is 1. The zero-order chi connectivity index (χ0) is 24.1. The molecule has 10 nitrogen and oxygen atoms in total. The smallest absolute Gasteiger partial charge is 0.314 e. The van der Waals surface area contributed by atoms with Gasteiger partial charge in [0.25, 0.3) is 5.91 Å². The van der Waals surface area contributed by atoms with Gasteiger partial charge in [0.15, 0.2) is 12.2 Å². The molecule has 0 radical (unpaired) electrons. The quantitative estimate of drug-likeness (QED) is 0.558. The molecule has 0 atom stereocenters. The van der Waals surface area contributed by atoms with Gasteiger partial charge in [-0.05, 0) is 43.4 Å². The lowest BCUT2D eigenvalue weighted by atomic mass is 10.1. The summed E-state index contributed by atoms with van der Waals surface area (Å²) in [5.41, 5.74) is 1.99. The summed E-state index contributed by atoms with van der Waals surface area (Å²) in [6, 6.07) is 11.4. The molecule has 0 saturated carbocycles. The van der Waals surface area contributed by atoms with E-state index >= 15 is 0 Å². The molecule has 3 aromatic rings. The van der Waals surface area contributed by atoms with Crippen LogP contribution in [-0.4, -0.2) is 72.8 Å². The zero-order valence-electron chi connectivity index (χ0n) is 18.9. The van der Waals surface area contributed by atoms with E-state index in [1.165, 1.54) is 13.5 Å². The van der Waals surface area contributed by atoms with Crippen molar-refractivity contribution >= 4 is 29.1 Å². The maximum atomic E-state index is 12.6. The van der Waals surface area contributed by atoms with Crippen LogP contribution in [0.3, 0.4) is 0 Å². The van der Waals surface area contributed by atoms with E-state index in [0.29, 0.717) is 47.1 Å². The third-order valence-corrected chi connectivity index (χ3v) is 5.54. The average molecular weight is 463 g/mol. The zero-order valence-corrected chi connectivity index (χ0v) is 18.9. The monoisotopic (exact) mass is 463 g/mol. The van der Waals surface area contributed by atoms with Crippen molar-refractivity contribution in [1.29, 1.82) is 0 Å². The highest BCUT2D eigenvalue weighted by atomic mass is 16.5. The van der Waals surface area contributed by atoms with E-state index < -0.39 is 11.8 Å². The van der Waals surface area contributed by atoms with Crippen molar-refractivity contribution in [2.75, 3.05) is 51.0 Å². The molecule has 0 bridgehead atoms. The van der Waals surface area contributed by atoms with E-state index in [2.05, 4.69) is 20.5 Å². The average Bonchev–Trinajstić information content (AvgIpc) is 3.39. The number of likely N-dealkylation sites (N-methyl/N-ethyl adjacent to an activating group) is 1. The fraction of sp³-hybridized carbons (Fsp3) is 0.250. The van der Waals surface area contributed by atoms with Gasteiger partial charge < -0.3 is 29.6 Å². The summed E-state index contributed by atoms with van der Waals surface area (Å²) < 4.78 is 10.6. The highest BCUT2D eigenvalue weighted by Crippen LogP contribution is 2.32. The minimum atomic E-state index is -0.841. The van der Waals surface area contributed by atoms with Crippen LogP contribution in [0, 0.1) is 0 Å². The lowest BCUT2D eigenvalue weighted by molar-refractivity contribution is -0.132. The molecule has 3 amide bonds. The first-order chi connectivity index (χ1) is 16.4. The predicted molar refractivity (Wildman–Crippen MR) is 126 cm³/mol. The van der Waals surface area contributed by atoms with Crippen LogP contribution in [0.2, 0.25) is 0 Å². The van der Waals surface area contributed by atoms with Crippen molar-refractivity contribution < 1.29 is 23.5 Å². The molecule has 1 fully saturated rings. The fourth-order valence-electron chi connectivity index (χ4n) is 3.59. The Morgan fingerprint density at radius 1 is 0.941 bits per heavy atom. The number of anilines is 2. The summed E-state index contributed by atoms with van der Waals surface area (Å²) in [6.07, 6.45) is 2.86. The first-order valence-electron chi connectivity index (χ1n) is 10.7. The summed E-state index contributed by atoms with van der Waals surface area (Å²) in [4.78, 5) is 45.2. The van der Waals surface area contributed by atoms with Gasteiger partial charge in [0, 0.05) is 49.2 Å². The molecule has 1 aliphatic heterocycles. The van der Waals surface area contributed by atoms with Crippen molar-refractivity contribution in [2.45, 2.75) is 0 Å². The Hall–Kier alpha value is -4.18. The molecule has 0 unspecified atom stereocenters. The Morgan fingerprint density at radius 3 is 2.21 bits per heavy atom. The van der Waals surface area contributed by atoms with E-state index in [4.69, 9.17) is 9.15 Å². The van der Waals surface area contributed by atoms with Gasteiger partial charge in [0.1, 0.15) is 5.75 Å². The van der Waals surface area contributed by atoms with Crippen LogP contribution in [0.4, 0.5) is 11.4 Å². The van der Waals surface area contributed by atoms with Crippen LogP contribution < -0.4 is 15.4 Å². The first kappa shape index (κ1) is 23.0. The number of hydrogen-bond acceptors (Lipinski definition) is 7. The Morgan fingerprint density at radius 2 is 1.59 bits per heavy atom. The van der Waals surface area contributed by atoms with Crippen molar-refractivity contribution in [1.82, 2.24) is 14.8 Å². The number of piperazine rings is 1. The molecule has 10 heteroatoms. The second-order valence-corrected chi connectivity index (χ2v) is 7.86. The number of methoxy groups -OCH3 is 1. The summed E-state index contributed by atoms with van der Waals surface area (Å²) in [5, 5.41) is 5.08. The number of hydrogen-bond donors (Lipinski definition) is 2. The minimum Gasteiger partial charge on any atom is -0.496 e. The van der Waals surface area contributed by atoms with Crippen molar-refractivity contribution in [2.24, 2.45) is 0 Å². The van der Waals surface area contributed by atoms with Crippen molar-refractivity contribution in [3.8, 4) is 17.1 Å². The second-order valence-electron chi connectivity index (χ2n) is 7.86. The normalized spacial score (nSPS) is 13.9. The number of oxazole rings is 1. The number of carbonyl (C=O) groups excluding carboxylic acids is 3. The van der Waals surface area contributed by atoms with E-state index in [9.17, 15) is 14.4 Å². The molecule has 4 rings (SSSR count). The number of nitrogens with one attached hydrogen (secondary N) is 2. The van der Waals surface area contributed by atoms with Gasteiger partial charge >= 0.3 is 11.8 Å². The van der Waals surface area contributed by atoms with E-state index in [1.54, 1.807) is 48.7 Å². The minimum absolute atomic E-state index is 0.0496. The molecule has 0 aliphatic carbocycles. The highest BCUT2D eigenvalue weighted by Gasteiger charge is 2.21. The summed E-state index contributed by atoms with van der Waals surface area (Å²) >= 11 is 0. The third-order valence-electron chi connectivity index (χ3n) is 5.54. The Balaban J connectivity index is 1.35. The molecular formula is C24H25N5O5. The number of nitrogens with zero attached hydrogens (tertiary/aromatic N) is 3. The molecule has 1 aliphatic rings. The van der Waals surface area contributed by atoms with Crippen LogP contribution in [0.1, 0.15) is 10.4 Å². The van der Waals surface area contributed by atoms with E-state index in [1.807, 2.05) is 11.9 Å². The van der Waals surface area contributed by atoms with Gasteiger partial charge in [-0.1, -0.05) is 0 Å². The van der Waals surface area contributed by atoms with Gasteiger partial charge in [0.2, 0.25) is 0 Å². The SMILES string of the molecule is COc1cc(NC(=O)C(=O)Nc2ccc(C(=O)N3CCN(C)CC3)cc2)ccc1-c1cnco1. The maximum Gasteiger partial charge on any atom is 0.314 e. The molecular weight excluding hydrogens is 438 g/mol. The Labute approximate surface area is 196 Å². The first-order valence-corrected chi connectivity index (χ1v) is 10.7. The molecule has 1 saturated heterocycles. The lowest BCUT2D eigenvalue weighted by Crippen LogP contribution is -2.47. The molecule has 34 heavy (non-hydrogen) atoms. The molecule has 2 N–H and O–H groups in total. The van der Waals surface area contributed by atoms with Crippen molar-refractivity contribution in [3.05, 3.63) is 60.6 Å². The van der Waals surface area contributed by atoms with Gasteiger partial charge in [0.05, 0.1) is 18.9 Å². The third kappa shape index (κ3) is 5.24. The molecule has 0 spiro atoms. The number of rotatable bonds is 5. The number of amides is 3. The number of carbonyl (C=O) groups is 3. The number of aromatic nitrogens is 1. The molecule has 2 aromatic carbocycles. The van der Waals surface area contributed by atoms with Crippen LogP contribution in [0.5, 0.6) is 5.75 Å². The Kier molecular flexibility index (Phi) is 6.88. The topological polar surface area (TPSA) is 117 Å². The van der Waals surface area contributed by atoms with E-state index in [-0.39, 0.29) is 5.91 Å². The van der Waals surface area contributed by atoms with Crippen LogP contribution >= 0.6 is 0 Å². The summed E-state index contributed by atoms with van der Waals surface area (Å²) in [7, 11) is 3.52. The lowest BCUT2D eigenvalue weighted by Gasteiger charge is -2.32. The van der Waals surface area contributed by atoms with Crippen LogP contribution in [0.25, 0.3) is 11.3 Å². The highest BCUT2D eigenvalue weighted by molar-refractivity contribution is 6.43. The van der Waals surface area contributed by atoms with Crippen molar-refractivity contribution in [3.63, 3.8) is 0 Å². The van der Waals surface area contributed by atoms with Gasteiger partial charge in [-0.25, -0.2) is 4.98 Å². The molecule has 2 heterocycles. The summed E-state index contributed by atoms with van der Waals surface area (Å²) in [6.45, 7) is 3.03.